The lowest BCUT2D eigenvalue weighted by Crippen LogP contribution is -2.06. The first-order chi connectivity index (χ1) is 12.6. The van der Waals surface area contributed by atoms with Crippen LogP contribution >= 0.6 is 0 Å². The van der Waals surface area contributed by atoms with Crippen LogP contribution < -0.4 is 0 Å². The van der Waals surface area contributed by atoms with Gasteiger partial charge in [-0.1, -0.05) is 30.3 Å². The number of rotatable bonds is 5. The Labute approximate surface area is 150 Å². The van der Waals surface area contributed by atoms with Gasteiger partial charge in [-0.25, -0.2) is 0 Å². The first-order valence-electron chi connectivity index (χ1n) is 7.14. The second-order valence-electron chi connectivity index (χ2n) is 5.07. The quantitative estimate of drug-likeness (QED) is 0.581. The van der Waals surface area contributed by atoms with Crippen LogP contribution in [0.5, 0.6) is 5.75 Å². The van der Waals surface area contributed by atoms with E-state index >= 15 is 0 Å². The number of hydrogen-bond acceptors (Lipinski definition) is 8. The second-order valence-corrected chi connectivity index (χ2v) is 5.07. The number of carboxylic acid groups (broad SMARTS) is 1. The standard InChI is InChI=1S/C9H10O2.C6H3N3O7/c1-7(9(10)11)8-5-3-2-4-6-8;10-6-4(8(13)14)1-3(7(11)12)2-5(6)9(15)16/h2-7H,1H3,(H,10,11);1-2,10H. The number of phenols is 1. The van der Waals surface area contributed by atoms with Crippen LogP contribution in [0, 0.1) is 30.3 Å². The highest BCUT2D eigenvalue weighted by Crippen LogP contribution is 2.38. The van der Waals surface area contributed by atoms with E-state index in [0.717, 1.165) is 5.56 Å². The minimum absolute atomic E-state index is 0.406. The number of nitro groups is 3. The maximum Gasteiger partial charge on any atom is 0.324 e. The number of hydrogen-bond donors (Lipinski definition) is 2. The van der Waals surface area contributed by atoms with E-state index in [4.69, 9.17) is 10.2 Å². The maximum absolute atomic E-state index is 10.5. The summed E-state index contributed by atoms with van der Waals surface area (Å²) >= 11 is 0. The predicted molar refractivity (Wildman–Crippen MR) is 90.6 cm³/mol. The highest BCUT2D eigenvalue weighted by molar-refractivity contribution is 5.75. The molecular weight excluding hydrogens is 366 g/mol. The molecule has 0 saturated heterocycles. The summed E-state index contributed by atoms with van der Waals surface area (Å²) in [6, 6.07) is 10.1. The Balaban J connectivity index is 0.000000289. The third kappa shape index (κ3) is 5.45. The Morgan fingerprint density at radius 2 is 1.37 bits per heavy atom. The molecule has 0 heterocycles. The summed E-state index contributed by atoms with van der Waals surface area (Å²) in [6.45, 7) is 1.68. The second kappa shape index (κ2) is 8.84. The van der Waals surface area contributed by atoms with Gasteiger partial charge in [-0.15, -0.1) is 0 Å². The molecule has 12 heteroatoms. The van der Waals surface area contributed by atoms with Crippen LogP contribution in [0.1, 0.15) is 18.4 Å². The lowest BCUT2D eigenvalue weighted by molar-refractivity contribution is -0.404. The van der Waals surface area contributed by atoms with Crippen LogP contribution in [-0.4, -0.2) is 31.0 Å². The third-order valence-corrected chi connectivity index (χ3v) is 3.33. The first kappa shape index (κ1) is 21.0. The van der Waals surface area contributed by atoms with Crippen LogP contribution in [0.3, 0.4) is 0 Å². The van der Waals surface area contributed by atoms with Crippen LogP contribution in [0.15, 0.2) is 42.5 Å². The van der Waals surface area contributed by atoms with Gasteiger partial charge in [0.25, 0.3) is 11.4 Å². The molecule has 2 N–H and O–H groups in total. The first-order valence-corrected chi connectivity index (χ1v) is 7.14. The van der Waals surface area contributed by atoms with Crippen molar-refractivity contribution in [3.8, 4) is 5.75 Å². The molecule has 2 aromatic carbocycles. The fourth-order valence-electron chi connectivity index (χ4n) is 1.86. The van der Waals surface area contributed by atoms with Crippen LogP contribution in [0.25, 0.3) is 0 Å². The average Bonchev–Trinajstić information content (AvgIpc) is 2.61. The fraction of sp³-hybridized carbons (Fsp3) is 0.133. The summed E-state index contributed by atoms with van der Waals surface area (Å²) in [7, 11) is 0. The number of carboxylic acids is 1. The molecular formula is C15H13N3O9. The van der Waals surface area contributed by atoms with E-state index < -0.39 is 49.5 Å². The number of carbonyl (C=O) groups is 1. The predicted octanol–water partition coefficient (Wildman–Crippen LogP) is 2.99. The number of benzene rings is 2. The molecule has 12 nitrogen and oxygen atoms in total. The van der Waals surface area contributed by atoms with E-state index in [2.05, 4.69) is 0 Å². The van der Waals surface area contributed by atoms with E-state index in [1.807, 2.05) is 30.3 Å². The van der Waals surface area contributed by atoms with Crippen molar-refractivity contribution in [2.45, 2.75) is 12.8 Å². The minimum atomic E-state index is -1.21. The van der Waals surface area contributed by atoms with Crippen molar-refractivity contribution in [3.63, 3.8) is 0 Å². The molecule has 2 aromatic rings. The molecule has 2 rings (SSSR count). The van der Waals surface area contributed by atoms with Crippen LogP contribution in [-0.2, 0) is 4.79 Å². The molecule has 0 aromatic heterocycles. The largest absolute Gasteiger partial charge is 0.497 e. The maximum atomic E-state index is 10.5. The molecule has 0 bridgehead atoms. The molecule has 0 aliphatic heterocycles. The molecule has 142 valence electrons. The van der Waals surface area contributed by atoms with Gasteiger partial charge in [0.05, 0.1) is 32.8 Å². The summed E-state index contributed by atoms with van der Waals surface area (Å²) in [5.74, 6) is -2.40. The number of nitro benzene ring substituents is 3. The third-order valence-electron chi connectivity index (χ3n) is 3.33. The fourth-order valence-corrected chi connectivity index (χ4v) is 1.86. The van der Waals surface area contributed by atoms with Crippen molar-refractivity contribution in [3.05, 3.63) is 78.4 Å². The Morgan fingerprint density at radius 3 is 1.70 bits per heavy atom. The Kier molecular flexibility index (Phi) is 6.86. The number of phenolic OH excluding ortho intramolecular Hbond substituents is 1. The smallest absolute Gasteiger partial charge is 0.324 e. The summed E-state index contributed by atoms with van der Waals surface area (Å²) in [4.78, 5) is 38.3. The average molecular weight is 379 g/mol. The van der Waals surface area contributed by atoms with E-state index in [9.17, 15) is 35.1 Å². The number of non-ortho nitro benzene ring substituents is 1. The molecule has 0 aliphatic carbocycles. The van der Waals surface area contributed by atoms with Gasteiger partial charge >= 0.3 is 17.3 Å². The minimum Gasteiger partial charge on any atom is -0.497 e. The molecule has 0 aliphatic rings. The Morgan fingerprint density at radius 1 is 0.926 bits per heavy atom. The molecule has 1 atom stereocenters. The molecule has 1 unspecified atom stereocenters. The zero-order valence-electron chi connectivity index (χ0n) is 13.7. The van der Waals surface area contributed by atoms with E-state index in [-0.39, 0.29) is 0 Å². The zero-order chi connectivity index (χ0) is 20.7. The van der Waals surface area contributed by atoms with Crippen molar-refractivity contribution in [2.24, 2.45) is 0 Å². The van der Waals surface area contributed by atoms with Gasteiger partial charge in [-0.2, -0.15) is 0 Å². The van der Waals surface area contributed by atoms with Crippen molar-refractivity contribution in [1.29, 1.82) is 0 Å². The normalized spacial score (nSPS) is 10.9. The highest BCUT2D eigenvalue weighted by Gasteiger charge is 2.30. The molecule has 27 heavy (non-hydrogen) atoms. The molecule has 0 spiro atoms. The van der Waals surface area contributed by atoms with Gasteiger partial charge in [-0.3, -0.25) is 35.1 Å². The lowest BCUT2D eigenvalue weighted by Gasteiger charge is -2.04. The highest BCUT2D eigenvalue weighted by atomic mass is 16.6. The van der Waals surface area contributed by atoms with E-state index in [0.29, 0.717) is 12.1 Å². The van der Waals surface area contributed by atoms with E-state index in [1.165, 1.54) is 0 Å². The molecule has 0 fully saturated rings. The lowest BCUT2D eigenvalue weighted by atomic mass is 10.0. The number of nitrogens with zero attached hydrogens (tertiary/aromatic N) is 3. The summed E-state index contributed by atoms with van der Waals surface area (Å²) in [6.07, 6.45) is 0. The van der Waals surface area contributed by atoms with E-state index in [1.54, 1.807) is 6.92 Å². The van der Waals surface area contributed by atoms with Crippen LogP contribution in [0.4, 0.5) is 17.1 Å². The molecule has 0 saturated carbocycles. The van der Waals surface area contributed by atoms with Crippen LogP contribution in [0.2, 0.25) is 0 Å². The van der Waals surface area contributed by atoms with Gasteiger partial charge in [-0.05, 0) is 12.5 Å². The summed E-state index contributed by atoms with van der Waals surface area (Å²) in [5.41, 5.74) is -2.15. The Bertz CT molecular complexity index is 848. The summed E-state index contributed by atoms with van der Waals surface area (Å²) < 4.78 is 0. The van der Waals surface area contributed by atoms with Gasteiger partial charge in [0, 0.05) is 0 Å². The van der Waals surface area contributed by atoms with Gasteiger partial charge in [0.2, 0.25) is 0 Å². The SMILES string of the molecule is CC(C(=O)O)c1ccccc1.O=[N+]([O-])c1cc([N+](=O)[O-])c(O)c([N+](=O)[O-])c1. The van der Waals surface area contributed by atoms with Gasteiger partial charge < -0.3 is 10.2 Å². The Hall–Kier alpha value is -4.09. The van der Waals surface area contributed by atoms with Crippen molar-refractivity contribution in [1.82, 2.24) is 0 Å². The van der Waals surface area contributed by atoms with Gasteiger partial charge in [0.1, 0.15) is 0 Å². The van der Waals surface area contributed by atoms with Crippen molar-refractivity contribution in [2.75, 3.05) is 0 Å². The topological polar surface area (TPSA) is 187 Å². The van der Waals surface area contributed by atoms with Gasteiger partial charge in [0.15, 0.2) is 0 Å². The number of aromatic hydroxyl groups is 1. The molecule has 0 radical (unpaired) electrons. The van der Waals surface area contributed by atoms with Crippen molar-refractivity contribution >= 4 is 23.0 Å². The number of aliphatic carboxylic acids is 1. The van der Waals surface area contributed by atoms with Crippen molar-refractivity contribution < 1.29 is 29.8 Å². The zero-order valence-corrected chi connectivity index (χ0v) is 13.7. The summed E-state index contributed by atoms with van der Waals surface area (Å²) in [5, 5.41) is 48.8. The monoisotopic (exact) mass is 379 g/mol. The molecule has 0 amide bonds.